The van der Waals surface area contributed by atoms with E-state index in [0.717, 1.165) is 25.8 Å². The minimum Gasteiger partial charge on any atom is -0.377 e. The number of benzene rings is 1. The number of ether oxygens (including phenoxy) is 1. The highest BCUT2D eigenvalue weighted by Crippen LogP contribution is 2.15. The second kappa shape index (κ2) is 8.15. The number of amides is 1. The fourth-order valence-electron chi connectivity index (χ4n) is 2.83. The molecule has 1 aliphatic rings. The number of carbonyl (C=O) groups excluding carboxylic acids is 1. The lowest BCUT2D eigenvalue weighted by Gasteiger charge is -2.34. The first-order valence-electron chi connectivity index (χ1n) is 7.90. The Kier molecular flexibility index (Phi) is 6.21. The van der Waals surface area contributed by atoms with Gasteiger partial charge in [-0.05, 0) is 38.2 Å². The van der Waals surface area contributed by atoms with Gasteiger partial charge >= 0.3 is 0 Å². The van der Waals surface area contributed by atoms with E-state index < -0.39 is 6.04 Å². The Labute approximate surface area is 127 Å². The van der Waals surface area contributed by atoms with Crippen LogP contribution in [0.1, 0.15) is 31.7 Å². The fraction of sp³-hybridized carbons (Fsp3) is 0.588. The molecule has 2 N–H and O–H groups in total. The van der Waals surface area contributed by atoms with Crippen LogP contribution in [0.2, 0.25) is 0 Å². The number of piperidine rings is 1. The molecule has 0 bridgehead atoms. The smallest absolute Gasteiger partial charge is 0.239 e. The summed E-state index contributed by atoms with van der Waals surface area (Å²) in [6.07, 6.45) is 3.75. The van der Waals surface area contributed by atoms with Crippen molar-refractivity contribution in [3.05, 3.63) is 35.9 Å². The molecule has 2 unspecified atom stereocenters. The van der Waals surface area contributed by atoms with Gasteiger partial charge in [0.2, 0.25) is 5.91 Å². The number of carbonyl (C=O) groups is 1. The first kappa shape index (κ1) is 16.0. The number of aryl methyl sites for hydroxylation is 1. The number of nitrogens with zero attached hydrogens (tertiary/aromatic N) is 1. The molecule has 4 heteroatoms. The van der Waals surface area contributed by atoms with E-state index in [9.17, 15) is 4.79 Å². The van der Waals surface area contributed by atoms with Crippen molar-refractivity contribution in [3.8, 4) is 0 Å². The maximum Gasteiger partial charge on any atom is 0.239 e. The van der Waals surface area contributed by atoms with Crippen LogP contribution in [0.5, 0.6) is 0 Å². The molecule has 0 aliphatic carbocycles. The first-order chi connectivity index (χ1) is 10.2. The molecule has 0 aromatic heterocycles. The van der Waals surface area contributed by atoms with E-state index in [0.29, 0.717) is 19.6 Å². The van der Waals surface area contributed by atoms with E-state index in [1.807, 2.05) is 30.0 Å². The van der Waals surface area contributed by atoms with Crippen LogP contribution in [0.15, 0.2) is 30.3 Å². The van der Waals surface area contributed by atoms with Crippen LogP contribution >= 0.6 is 0 Å². The van der Waals surface area contributed by atoms with Crippen molar-refractivity contribution in [2.45, 2.75) is 44.8 Å². The summed E-state index contributed by atoms with van der Waals surface area (Å²) in [5.41, 5.74) is 7.31. The highest BCUT2D eigenvalue weighted by Gasteiger charge is 2.27. The maximum absolute atomic E-state index is 12.4. The molecular weight excluding hydrogens is 264 g/mol. The molecule has 0 saturated carbocycles. The lowest BCUT2D eigenvalue weighted by atomic mass is 10.0. The third-order valence-electron chi connectivity index (χ3n) is 4.00. The zero-order valence-corrected chi connectivity index (χ0v) is 12.8. The second-order valence-corrected chi connectivity index (χ2v) is 5.63. The van der Waals surface area contributed by atoms with Crippen LogP contribution in [0.3, 0.4) is 0 Å². The van der Waals surface area contributed by atoms with Crippen molar-refractivity contribution in [2.24, 2.45) is 5.73 Å². The summed E-state index contributed by atoms with van der Waals surface area (Å²) in [4.78, 5) is 14.3. The van der Waals surface area contributed by atoms with E-state index in [2.05, 4.69) is 12.1 Å². The van der Waals surface area contributed by atoms with Gasteiger partial charge in [0, 0.05) is 19.7 Å². The van der Waals surface area contributed by atoms with Gasteiger partial charge in [-0.2, -0.15) is 0 Å². The minimum absolute atomic E-state index is 0.0651. The largest absolute Gasteiger partial charge is 0.377 e. The van der Waals surface area contributed by atoms with Gasteiger partial charge in [-0.3, -0.25) is 4.79 Å². The Balaban J connectivity index is 1.81. The maximum atomic E-state index is 12.4. The van der Waals surface area contributed by atoms with Crippen molar-refractivity contribution >= 4 is 5.91 Å². The lowest BCUT2D eigenvalue weighted by Crippen LogP contribution is -2.50. The molecule has 1 heterocycles. The van der Waals surface area contributed by atoms with E-state index in [4.69, 9.17) is 10.5 Å². The molecular formula is C17H26N2O2. The number of nitrogens with two attached hydrogens (primary N) is 1. The quantitative estimate of drug-likeness (QED) is 0.871. The summed E-state index contributed by atoms with van der Waals surface area (Å²) >= 11 is 0. The van der Waals surface area contributed by atoms with E-state index >= 15 is 0 Å². The number of likely N-dealkylation sites (tertiary alicyclic amines) is 1. The summed E-state index contributed by atoms with van der Waals surface area (Å²) in [7, 11) is 0. The number of hydrogen-bond donors (Lipinski definition) is 1. The van der Waals surface area contributed by atoms with Crippen molar-refractivity contribution in [2.75, 3.05) is 19.7 Å². The van der Waals surface area contributed by atoms with Crippen molar-refractivity contribution in [1.29, 1.82) is 0 Å². The summed E-state index contributed by atoms with van der Waals surface area (Å²) in [5.74, 6) is 0.0651. The molecule has 1 aromatic rings. The highest BCUT2D eigenvalue weighted by molar-refractivity contribution is 5.81. The molecule has 21 heavy (non-hydrogen) atoms. The van der Waals surface area contributed by atoms with Crippen molar-refractivity contribution in [1.82, 2.24) is 4.90 Å². The average Bonchev–Trinajstić information content (AvgIpc) is 2.53. The monoisotopic (exact) mass is 290 g/mol. The molecule has 1 saturated heterocycles. The standard InChI is InChI=1S/C17H26N2O2/c1-2-21-15-9-6-12-19(13-15)17(20)16(18)11-10-14-7-4-3-5-8-14/h3-5,7-8,15-16H,2,6,9-13,18H2,1H3. The van der Waals surface area contributed by atoms with Crippen LogP contribution < -0.4 is 5.73 Å². The van der Waals surface area contributed by atoms with Crippen LogP contribution in [0.25, 0.3) is 0 Å². The van der Waals surface area contributed by atoms with E-state index in [1.165, 1.54) is 5.56 Å². The molecule has 1 fully saturated rings. The van der Waals surface area contributed by atoms with Gasteiger partial charge in [-0.25, -0.2) is 0 Å². The SMILES string of the molecule is CCOC1CCCN(C(=O)C(N)CCc2ccccc2)C1. The van der Waals surface area contributed by atoms with Gasteiger partial charge in [0.1, 0.15) is 0 Å². The lowest BCUT2D eigenvalue weighted by molar-refractivity contribution is -0.136. The molecule has 1 amide bonds. The van der Waals surface area contributed by atoms with Crippen LogP contribution in [-0.4, -0.2) is 42.6 Å². The Bertz CT molecular complexity index is 434. The normalized spacial score (nSPS) is 20.3. The molecule has 4 nitrogen and oxygen atoms in total. The minimum atomic E-state index is -0.411. The molecule has 0 radical (unpaired) electrons. The predicted octanol–water partition coefficient (Wildman–Crippen LogP) is 1.97. The Hall–Kier alpha value is -1.39. The van der Waals surface area contributed by atoms with Gasteiger partial charge < -0.3 is 15.4 Å². The van der Waals surface area contributed by atoms with Crippen LogP contribution in [0, 0.1) is 0 Å². The van der Waals surface area contributed by atoms with Gasteiger partial charge in [0.25, 0.3) is 0 Å². The third kappa shape index (κ3) is 4.83. The van der Waals surface area contributed by atoms with Gasteiger partial charge in [0.05, 0.1) is 12.1 Å². The van der Waals surface area contributed by atoms with E-state index in [-0.39, 0.29) is 12.0 Å². The van der Waals surface area contributed by atoms with Crippen molar-refractivity contribution < 1.29 is 9.53 Å². The number of hydrogen-bond acceptors (Lipinski definition) is 3. The summed E-state index contributed by atoms with van der Waals surface area (Å²) in [5, 5.41) is 0. The van der Waals surface area contributed by atoms with Crippen LogP contribution in [0.4, 0.5) is 0 Å². The molecule has 0 spiro atoms. The molecule has 1 aromatic carbocycles. The van der Waals surface area contributed by atoms with Crippen LogP contribution in [-0.2, 0) is 16.0 Å². The average molecular weight is 290 g/mol. The van der Waals surface area contributed by atoms with E-state index in [1.54, 1.807) is 0 Å². The number of rotatable bonds is 6. The fourth-order valence-corrected chi connectivity index (χ4v) is 2.83. The molecule has 116 valence electrons. The summed E-state index contributed by atoms with van der Waals surface area (Å²) in [6.45, 7) is 4.19. The van der Waals surface area contributed by atoms with Gasteiger partial charge in [-0.1, -0.05) is 30.3 Å². The summed E-state index contributed by atoms with van der Waals surface area (Å²) < 4.78 is 5.64. The molecule has 2 atom stereocenters. The first-order valence-corrected chi connectivity index (χ1v) is 7.90. The summed E-state index contributed by atoms with van der Waals surface area (Å²) in [6, 6.07) is 9.76. The van der Waals surface area contributed by atoms with Gasteiger partial charge in [0.15, 0.2) is 0 Å². The third-order valence-corrected chi connectivity index (χ3v) is 4.00. The van der Waals surface area contributed by atoms with Crippen molar-refractivity contribution in [3.63, 3.8) is 0 Å². The zero-order valence-electron chi connectivity index (χ0n) is 12.8. The molecule has 2 rings (SSSR count). The predicted molar refractivity (Wildman–Crippen MR) is 84.0 cm³/mol. The Morgan fingerprint density at radius 3 is 2.90 bits per heavy atom. The second-order valence-electron chi connectivity index (χ2n) is 5.63. The topological polar surface area (TPSA) is 55.6 Å². The Morgan fingerprint density at radius 1 is 1.43 bits per heavy atom. The highest BCUT2D eigenvalue weighted by atomic mass is 16.5. The zero-order chi connectivity index (χ0) is 15.1. The van der Waals surface area contributed by atoms with Gasteiger partial charge in [-0.15, -0.1) is 0 Å². The molecule has 1 aliphatic heterocycles. The Morgan fingerprint density at radius 2 is 2.19 bits per heavy atom.